The van der Waals surface area contributed by atoms with Crippen molar-refractivity contribution in [3.63, 3.8) is 0 Å². The average Bonchev–Trinajstić information content (AvgIpc) is 3.38. The summed E-state index contributed by atoms with van der Waals surface area (Å²) in [6.07, 6.45) is 13.1. The number of alkyl halides is 1. The Hall–Kier alpha value is -1.07. The second kappa shape index (κ2) is 7.64. The highest BCUT2D eigenvalue weighted by Crippen LogP contribution is 2.40. The molecule has 3 N–H and O–H groups in total. The topological polar surface area (TPSA) is 53.4 Å². The van der Waals surface area contributed by atoms with E-state index < -0.39 is 6.17 Å². The van der Waals surface area contributed by atoms with Crippen molar-refractivity contribution in [2.24, 2.45) is 34.4 Å². The minimum absolute atomic E-state index is 0.189. The maximum atomic E-state index is 14.0. The molecule has 5 rings (SSSR count). The van der Waals surface area contributed by atoms with Crippen molar-refractivity contribution in [1.82, 2.24) is 5.32 Å². The molecule has 0 aromatic rings. The molecule has 1 saturated carbocycles. The number of rotatable bonds is 3. The summed E-state index contributed by atoms with van der Waals surface area (Å²) in [5, 5.41) is 3.74. The summed E-state index contributed by atoms with van der Waals surface area (Å²) in [6, 6.07) is 0.928. The Balaban J connectivity index is 1.31. The number of aliphatic imine (C=N–C) groups is 1. The van der Waals surface area contributed by atoms with E-state index in [-0.39, 0.29) is 5.92 Å². The Bertz CT molecular complexity index is 699. The van der Waals surface area contributed by atoms with Crippen molar-refractivity contribution in [1.29, 1.82) is 0 Å². The molecule has 4 nitrogen and oxygen atoms in total. The predicted octanol–water partition coefficient (Wildman–Crippen LogP) is 3.06. The van der Waals surface area contributed by atoms with E-state index in [4.69, 9.17) is 10.7 Å². The Morgan fingerprint density at radius 1 is 1.21 bits per heavy atom. The molecule has 8 atom stereocenters. The van der Waals surface area contributed by atoms with Gasteiger partial charge in [0.25, 0.3) is 0 Å². The molecule has 0 amide bonds. The molecule has 0 aromatic heterocycles. The van der Waals surface area contributed by atoms with Gasteiger partial charge in [0, 0.05) is 36.2 Å². The van der Waals surface area contributed by atoms with Gasteiger partial charge in [-0.15, -0.1) is 0 Å². The molecule has 154 valence electrons. The zero-order chi connectivity index (χ0) is 19.3. The molecule has 3 aliphatic heterocycles. The van der Waals surface area contributed by atoms with Gasteiger partial charge in [0.15, 0.2) is 6.04 Å². The van der Waals surface area contributed by atoms with Crippen molar-refractivity contribution in [2.75, 3.05) is 13.1 Å². The van der Waals surface area contributed by atoms with Gasteiger partial charge in [-0.05, 0) is 56.8 Å². The Morgan fingerprint density at radius 3 is 2.93 bits per heavy atom. The number of nitrogens with two attached hydrogens (primary N) is 1. The van der Waals surface area contributed by atoms with E-state index in [1.165, 1.54) is 24.1 Å². The molecule has 0 bridgehead atoms. The lowest BCUT2D eigenvalue weighted by atomic mass is 9.73. The fourth-order valence-electron chi connectivity index (χ4n) is 6.55. The van der Waals surface area contributed by atoms with Crippen molar-refractivity contribution in [3.05, 3.63) is 11.6 Å². The minimum atomic E-state index is -0.609. The molecule has 0 radical (unpaired) electrons. The molecule has 3 heterocycles. The van der Waals surface area contributed by atoms with E-state index in [0.29, 0.717) is 36.0 Å². The van der Waals surface area contributed by atoms with Crippen molar-refractivity contribution in [3.8, 4) is 0 Å². The van der Waals surface area contributed by atoms with Crippen molar-refractivity contribution in [2.45, 2.75) is 82.7 Å². The summed E-state index contributed by atoms with van der Waals surface area (Å²) in [6.45, 7) is 4.13. The Labute approximate surface area is 168 Å². The largest absolute Gasteiger partial charge is 0.327 e. The molecule has 5 heteroatoms. The van der Waals surface area contributed by atoms with Crippen LogP contribution in [0.5, 0.6) is 0 Å². The van der Waals surface area contributed by atoms with Crippen LogP contribution in [0.15, 0.2) is 16.6 Å². The highest BCUT2D eigenvalue weighted by Gasteiger charge is 2.49. The van der Waals surface area contributed by atoms with Gasteiger partial charge >= 0.3 is 0 Å². The van der Waals surface area contributed by atoms with Gasteiger partial charge in [0.2, 0.25) is 6.17 Å². The third-order valence-corrected chi connectivity index (χ3v) is 8.08. The number of hydrogen-bond donors (Lipinski definition) is 2. The molecule has 2 aliphatic carbocycles. The molecule has 0 spiro atoms. The third-order valence-electron chi connectivity index (χ3n) is 8.08. The summed E-state index contributed by atoms with van der Waals surface area (Å²) in [4.78, 5) is 4.97. The fraction of sp³-hybridized carbons (Fsp3) is 0.826. The maximum Gasteiger partial charge on any atom is 0.229 e. The first kappa shape index (κ1) is 18.9. The van der Waals surface area contributed by atoms with Crippen LogP contribution in [-0.4, -0.2) is 54.0 Å². The first-order valence-electron chi connectivity index (χ1n) is 11.6. The van der Waals surface area contributed by atoms with Crippen LogP contribution in [0.1, 0.15) is 58.3 Å². The van der Waals surface area contributed by atoms with Gasteiger partial charge in [0.1, 0.15) is 12.4 Å². The van der Waals surface area contributed by atoms with Gasteiger partial charge in [-0.25, -0.2) is 14.3 Å². The van der Waals surface area contributed by atoms with E-state index in [2.05, 4.69) is 29.1 Å². The highest BCUT2D eigenvalue weighted by molar-refractivity contribution is 5.92. The zero-order valence-corrected chi connectivity index (χ0v) is 17.2. The number of nitrogens with zero attached hydrogens (tertiary/aromatic N) is 2. The van der Waals surface area contributed by atoms with E-state index in [1.807, 2.05) is 0 Å². The number of fused-ring (bicyclic) bond motifs is 1. The van der Waals surface area contributed by atoms with Gasteiger partial charge in [-0.1, -0.05) is 13.0 Å². The Kier molecular flexibility index (Phi) is 5.16. The molecule has 1 saturated heterocycles. The summed E-state index contributed by atoms with van der Waals surface area (Å²) < 4.78 is 16.6. The van der Waals surface area contributed by atoms with Crippen molar-refractivity contribution < 1.29 is 8.97 Å². The number of allylic oxidation sites excluding steroid dienone is 1. The monoisotopic (exact) mass is 387 g/mol. The lowest BCUT2D eigenvalue weighted by Crippen LogP contribution is -2.37. The van der Waals surface area contributed by atoms with Crippen LogP contribution < -0.4 is 11.1 Å². The molecule has 28 heavy (non-hydrogen) atoms. The smallest absolute Gasteiger partial charge is 0.229 e. The molecular weight excluding hydrogens is 351 g/mol. The molecular formula is C23H36FN4+. The summed E-state index contributed by atoms with van der Waals surface area (Å²) in [5.74, 6) is 1.90. The quantitative estimate of drug-likeness (QED) is 0.578. The van der Waals surface area contributed by atoms with Gasteiger partial charge in [-0.3, -0.25) is 4.99 Å². The Morgan fingerprint density at radius 2 is 2.11 bits per heavy atom. The SMILES string of the molecule is CC1CC(C2=NCCC2C2C=[N+]3C(CNC3C3=CCCC(N)C3)C2)CCC1F. The second-order valence-electron chi connectivity index (χ2n) is 9.99. The standard InChI is InChI=1S/C23H36FN4/c1-14-9-15(5-6-21(14)24)22-20(7-8-26-22)17-11-19-12-27-23(28(19)13-17)16-3-2-4-18(25)10-16/h3,13-15,17-21,23,27H,2,4-12,25H2,1H3/q+1. The maximum absolute atomic E-state index is 14.0. The van der Waals surface area contributed by atoms with E-state index in [9.17, 15) is 4.39 Å². The van der Waals surface area contributed by atoms with Crippen LogP contribution in [0.3, 0.4) is 0 Å². The zero-order valence-electron chi connectivity index (χ0n) is 17.2. The van der Waals surface area contributed by atoms with Crippen LogP contribution in [-0.2, 0) is 0 Å². The summed E-state index contributed by atoms with van der Waals surface area (Å²) in [5.41, 5.74) is 9.17. The summed E-state index contributed by atoms with van der Waals surface area (Å²) in [7, 11) is 0. The minimum Gasteiger partial charge on any atom is -0.327 e. The van der Waals surface area contributed by atoms with Crippen LogP contribution in [0.2, 0.25) is 0 Å². The first-order valence-corrected chi connectivity index (χ1v) is 11.6. The molecule has 0 aromatic carbocycles. The highest BCUT2D eigenvalue weighted by atomic mass is 19.1. The van der Waals surface area contributed by atoms with Gasteiger partial charge in [0.05, 0.1) is 12.5 Å². The number of halogens is 1. The van der Waals surface area contributed by atoms with Crippen LogP contribution in [0, 0.1) is 23.7 Å². The van der Waals surface area contributed by atoms with Crippen molar-refractivity contribution >= 4 is 11.9 Å². The molecule has 5 aliphatic rings. The van der Waals surface area contributed by atoms with Gasteiger partial charge in [-0.2, -0.15) is 0 Å². The second-order valence-corrected chi connectivity index (χ2v) is 9.99. The normalized spacial score (nSPS) is 46.2. The lowest BCUT2D eigenvalue weighted by molar-refractivity contribution is -0.560. The van der Waals surface area contributed by atoms with E-state index in [1.54, 1.807) is 0 Å². The predicted molar refractivity (Wildman–Crippen MR) is 112 cm³/mol. The van der Waals surface area contributed by atoms with E-state index >= 15 is 0 Å². The van der Waals surface area contributed by atoms with Crippen LogP contribution >= 0.6 is 0 Å². The molecule has 2 fully saturated rings. The van der Waals surface area contributed by atoms with Crippen LogP contribution in [0.4, 0.5) is 4.39 Å². The first-order chi connectivity index (χ1) is 13.6. The van der Waals surface area contributed by atoms with Crippen LogP contribution in [0.25, 0.3) is 0 Å². The summed E-state index contributed by atoms with van der Waals surface area (Å²) >= 11 is 0. The average molecular weight is 388 g/mol. The van der Waals surface area contributed by atoms with E-state index in [0.717, 1.165) is 51.6 Å². The number of nitrogens with one attached hydrogen (secondary N) is 1. The molecule has 8 unspecified atom stereocenters. The lowest BCUT2D eigenvalue weighted by Gasteiger charge is -2.32. The third kappa shape index (κ3) is 3.39. The number of hydrogen-bond acceptors (Lipinski definition) is 3. The van der Waals surface area contributed by atoms with Gasteiger partial charge < -0.3 is 5.73 Å². The fourth-order valence-corrected chi connectivity index (χ4v) is 6.55.